The van der Waals surface area contributed by atoms with Crippen molar-refractivity contribution in [3.05, 3.63) is 23.7 Å². The van der Waals surface area contributed by atoms with E-state index in [4.69, 9.17) is 5.73 Å². The van der Waals surface area contributed by atoms with E-state index in [9.17, 15) is 4.79 Å². The maximum atomic E-state index is 11.4. The smallest absolute Gasteiger partial charge is 0.254 e. The van der Waals surface area contributed by atoms with E-state index < -0.39 is 5.91 Å². The molecule has 2 rings (SSSR count). The van der Waals surface area contributed by atoms with Crippen LogP contribution in [0.25, 0.3) is 5.65 Å². The second-order valence-corrected chi connectivity index (χ2v) is 4.44. The van der Waals surface area contributed by atoms with Gasteiger partial charge >= 0.3 is 0 Å². The minimum atomic E-state index is -0.420. The molecule has 86 valence electrons. The van der Waals surface area contributed by atoms with Crippen LogP contribution in [0, 0.1) is 12.8 Å². The first-order valence-corrected chi connectivity index (χ1v) is 5.34. The Morgan fingerprint density at radius 1 is 1.50 bits per heavy atom. The van der Waals surface area contributed by atoms with Crippen molar-refractivity contribution in [1.82, 2.24) is 14.2 Å². The van der Waals surface area contributed by atoms with E-state index in [1.54, 1.807) is 11.4 Å². The molecule has 0 spiro atoms. The summed E-state index contributed by atoms with van der Waals surface area (Å²) in [6.07, 6.45) is 3.77. The van der Waals surface area contributed by atoms with Crippen molar-refractivity contribution < 1.29 is 4.79 Å². The van der Waals surface area contributed by atoms with Crippen LogP contribution in [-0.2, 0) is 6.54 Å². The van der Waals surface area contributed by atoms with Crippen molar-refractivity contribution in [2.24, 2.45) is 11.7 Å². The maximum Gasteiger partial charge on any atom is 0.254 e. The van der Waals surface area contributed by atoms with Gasteiger partial charge in [0.2, 0.25) is 0 Å². The van der Waals surface area contributed by atoms with Gasteiger partial charge in [-0.2, -0.15) is 5.10 Å². The van der Waals surface area contributed by atoms with Crippen molar-refractivity contribution in [2.75, 3.05) is 0 Å². The lowest BCUT2D eigenvalue weighted by molar-refractivity contribution is 0.100. The Morgan fingerprint density at radius 3 is 2.75 bits per heavy atom. The third-order valence-corrected chi connectivity index (χ3v) is 2.53. The average Bonchev–Trinajstić information content (AvgIpc) is 2.64. The van der Waals surface area contributed by atoms with Gasteiger partial charge in [0.25, 0.3) is 5.91 Å². The van der Waals surface area contributed by atoms with Crippen LogP contribution in [0.5, 0.6) is 0 Å². The van der Waals surface area contributed by atoms with Gasteiger partial charge in [-0.1, -0.05) is 13.8 Å². The van der Waals surface area contributed by atoms with E-state index in [2.05, 4.69) is 18.9 Å². The van der Waals surface area contributed by atoms with Gasteiger partial charge in [0.05, 0.1) is 5.69 Å². The summed E-state index contributed by atoms with van der Waals surface area (Å²) < 4.78 is 3.72. The molecule has 0 saturated carbocycles. The number of carbonyl (C=O) groups excluding carboxylic acids is 1. The summed E-state index contributed by atoms with van der Waals surface area (Å²) in [4.78, 5) is 11.4. The largest absolute Gasteiger partial charge is 0.365 e. The number of aryl methyl sites for hydroxylation is 1. The van der Waals surface area contributed by atoms with Crippen LogP contribution >= 0.6 is 0 Å². The number of primary amides is 1. The van der Waals surface area contributed by atoms with E-state index in [-0.39, 0.29) is 0 Å². The lowest BCUT2D eigenvalue weighted by atomic mass is 10.2. The molecular weight excluding hydrogens is 204 g/mol. The Bertz CT molecular complexity index is 535. The Balaban J connectivity index is 2.63. The first-order chi connectivity index (χ1) is 7.50. The molecular formula is C11H16N4O. The highest BCUT2D eigenvalue weighted by molar-refractivity contribution is 6.00. The second-order valence-electron chi connectivity index (χ2n) is 4.44. The zero-order valence-corrected chi connectivity index (χ0v) is 9.77. The summed E-state index contributed by atoms with van der Waals surface area (Å²) in [6.45, 7) is 6.90. The summed E-state index contributed by atoms with van der Waals surface area (Å²) in [5.74, 6) is 0.0864. The third kappa shape index (κ3) is 1.58. The van der Waals surface area contributed by atoms with Gasteiger partial charge in [0.1, 0.15) is 11.2 Å². The van der Waals surface area contributed by atoms with E-state index >= 15 is 0 Å². The summed E-state index contributed by atoms with van der Waals surface area (Å²) >= 11 is 0. The standard InChI is InChI=1S/C11H16N4O/c1-7(2)6-14-4-5-15-11(14)9(10(12)16)8(3)13-15/h4-5,7H,6H2,1-3H3,(H2,12,16). The Kier molecular flexibility index (Phi) is 2.46. The number of amides is 1. The van der Waals surface area contributed by atoms with Crippen LogP contribution in [0.3, 0.4) is 0 Å². The fraction of sp³-hybridized carbons (Fsp3) is 0.455. The van der Waals surface area contributed by atoms with Crippen LogP contribution in [-0.4, -0.2) is 20.1 Å². The van der Waals surface area contributed by atoms with E-state index in [1.165, 1.54) is 0 Å². The van der Waals surface area contributed by atoms with E-state index in [0.717, 1.165) is 12.2 Å². The SMILES string of the molecule is Cc1nn2ccn(CC(C)C)c2c1C(N)=O. The van der Waals surface area contributed by atoms with Crippen LogP contribution < -0.4 is 5.73 Å². The summed E-state index contributed by atoms with van der Waals surface area (Å²) in [6, 6.07) is 0. The van der Waals surface area contributed by atoms with Gasteiger partial charge in [-0.05, 0) is 12.8 Å². The molecule has 2 aromatic rings. The minimum Gasteiger partial charge on any atom is -0.365 e. The molecule has 0 atom stereocenters. The van der Waals surface area contributed by atoms with E-state index in [1.807, 2.05) is 17.0 Å². The highest BCUT2D eigenvalue weighted by Crippen LogP contribution is 2.16. The molecule has 0 aromatic carbocycles. The van der Waals surface area contributed by atoms with Gasteiger partial charge < -0.3 is 10.3 Å². The Morgan fingerprint density at radius 2 is 2.19 bits per heavy atom. The number of rotatable bonds is 3. The molecule has 2 heterocycles. The van der Waals surface area contributed by atoms with Crippen LogP contribution in [0.2, 0.25) is 0 Å². The quantitative estimate of drug-likeness (QED) is 0.844. The number of nitrogens with zero attached hydrogens (tertiary/aromatic N) is 3. The minimum absolute atomic E-state index is 0.420. The van der Waals surface area contributed by atoms with Crippen LogP contribution in [0.1, 0.15) is 29.9 Å². The monoisotopic (exact) mass is 220 g/mol. The van der Waals surface area contributed by atoms with Gasteiger partial charge in [0.15, 0.2) is 0 Å². The van der Waals surface area contributed by atoms with Crippen molar-refractivity contribution in [1.29, 1.82) is 0 Å². The topological polar surface area (TPSA) is 65.3 Å². The number of hydrogen-bond donors (Lipinski definition) is 1. The zero-order valence-electron chi connectivity index (χ0n) is 9.77. The molecule has 5 nitrogen and oxygen atoms in total. The predicted octanol–water partition coefficient (Wildman–Crippen LogP) is 1.20. The van der Waals surface area contributed by atoms with Crippen LogP contribution in [0.15, 0.2) is 12.4 Å². The number of hydrogen-bond acceptors (Lipinski definition) is 2. The molecule has 2 aromatic heterocycles. The molecule has 5 heteroatoms. The first-order valence-electron chi connectivity index (χ1n) is 5.34. The fourth-order valence-corrected chi connectivity index (χ4v) is 1.96. The second kappa shape index (κ2) is 3.66. The van der Waals surface area contributed by atoms with Gasteiger partial charge in [-0.3, -0.25) is 4.79 Å². The summed E-state index contributed by atoms with van der Waals surface area (Å²) in [5.41, 5.74) is 7.37. The lowest BCUT2D eigenvalue weighted by Gasteiger charge is -2.07. The molecule has 0 aliphatic rings. The van der Waals surface area contributed by atoms with Gasteiger partial charge in [0, 0.05) is 18.9 Å². The van der Waals surface area contributed by atoms with Crippen molar-refractivity contribution in [2.45, 2.75) is 27.3 Å². The molecule has 2 N–H and O–H groups in total. The van der Waals surface area contributed by atoms with Gasteiger partial charge in [-0.15, -0.1) is 0 Å². The Hall–Kier alpha value is -1.78. The molecule has 0 radical (unpaired) electrons. The number of carbonyl (C=O) groups is 1. The molecule has 0 fully saturated rings. The highest BCUT2D eigenvalue weighted by Gasteiger charge is 2.17. The zero-order chi connectivity index (χ0) is 11.9. The molecule has 0 bridgehead atoms. The van der Waals surface area contributed by atoms with Gasteiger partial charge in [-0.25, -0.2) is 4.52 Å². The highest BCUT2D eigenvalue weighted by atomic mass is 16.1. The molecule has 1 amide bonds. The summed E-state index contributed by atoms with van der Waals surface area (Å²) in [5, 5.41) is 4.26. The van der Waals surface area contributed by atoms with Crippen LogP contribution in [0.4, 0.5) is 0 Å². The normalized spacial score (nSPS) is 11.5. The third-order valence-electron chi connectivity index (χ3n) is 2.53. The van der Waals surface area contributed by atoms with E-state index in [0.29, 0.717) is 17.2 Å². The number of fused-ring (bicyclic) bond motifs is 1. The summed E-state index contributed by atoms with van der Waals surface area (Å²) in [7, 11) is 0. The molecule has 0 unspecified atom stereocenters. The number of imidazole rings is 1. The maximum absolute atomic E-state index is 11.4. The predicted molar refractivity (Wildman–Crippen MR) is 61.3 cm³/mol. The van der Waals surface area contributed by atoms with Crippen molar-refractivity contribution in [3.8, 4) is 0 Å². The van der Waals surface area contributed by atoms with Crippen molar-refractivity contribution >= 4 is 11.6 Å². The number of nitrogens with two attached hydrogens (primary N) is 1. The lowest BCUT2D eigenvalue weighted by Crippen LogP contribution is -2.14. The molecule has 0 aliphatic carbocycles. The first kappa shape index (κ1) is 10.7. The Labute approximate surface area is 93.8 Å². The molecule has 0 aliphatic heterocycles. The molecule has 16 heavy (non-hydrogen) atoms. The van der Waals surface area contributed by atoms with Crippen molar-refractivity contribution in [3.63, 3.8) is 0 Å². The molecule has 0 saturated heterocycles. The average molecular weight is 220 g/mol. The fourth-order valence-electron chi connectivity index (χ4n) is 1.96. The number of aromatic nitrogens is 3.